The first kappa shape index (κ1) is 112. The van der Waals surface area contributed by atoms with E-state index in [1.807, 2.05) is 0 Å². The molecule has 0 aromatic carbocycles. The van der Waals surface area contributed by atoms with Crippen LogP contribution in [-0.4, -0.2) is 43.9 Å². The number of hydrogen-bond acceptors (Lipinski definition) is 8. The van der Waals surface area contributed by atoms with Crippen molar-refractivity contribution in [1.29, 1.82) is 0 Å². The molecule has 0 rings (SSSR count). The van der Waals surface area contributed by atoms with Gasteiger partial charge in [-0.25, -0.2) is 0 Å². The van der Waals surface area contributed by atoms with Gasteiger partial charge in [-0.2, -0.15) is 0 Å². The Morgan fingerprint density at radius 2 is 0.221 bits per heavy atom. The number of unbranched alkanes of at least 4 members (excludes halogenated alkanes) is 60. The summed E-state index contributed by atoms with van der Waals surface area (Å²) < 4.78 is 31.4. The van der Waals surface area contributed by atoms with E-state index >= 15 is 19.2 Å². The molecule has 0 radical (unpaired) electrons. The SMILES string of the molecule is CCCCCCCCC(CCCCCCCC)(CCCCCCCC)C(=O)[O][Sn]([O]C(=O)C(CCCCCCCC)(CCCCCCCC)CCCCCCCC)([O]C(=O)C(CCCCCCCC)(CCCCCCCC)CCCCCCCC)[O]C(=O)C(CCCCCCCC)(CCCCCCCC)CCCCCCCC. The summed E-state index contributed by atoms with van der Waals surface area (Å²) in [5, 5.41) is 0. The zero-order chi connectivity index (χ0) is 83.0. The van der Waals surface area contributed by atoms with Crippen molar-refractivity contribution < 1.29 is 31.5 Å². The zero-order valence-corrected chi connectivity index (χ0v) is 82.0. The van der Waals surface area contributed by atoms with Crippen LogP contribution in [0.2, 0.25) is 0 Å². The fraction of sp³-hybridized carbons (Fsp3) is 0.962. The van der Waals surface area contributed by atoms with Crippen LogP contribution in [0.15, 0.2) is 0 Å². The average Bonchev–Trinajstić information content (AvgIpc) is 0.766. The summed E-state index contributed by atoms with van der Waals surface area (Å²) >= 11 is -6.99. The minimum atomic E-state index is -6.99. The summed E-state index contributed by atoms with van der Waals surface area (Å²) in [6.45, 7) is 27.5. The molecule has 0 heterocycles. The van der Waals surface area contributed by atoms with Crippen LogP contribution in [0.1, 0.15) is 622 Å². The molecule has 0 N–H and O–H groups in total. The van der Waals surface area contributed by atoms with Crippen molar-refractivity contribution in [2.75, 3.05) is 0 Å². The molecule has 0 aliphatic rings. The van der Waals surface area contributed by atoms with Crippen LogP contribution in [0.3, 0.4) is 0 Å². The van der Waals surface area contributed by atoms with Crippen LogP contribution < -0.4 is 0 Å². The van der Waals surface area contributed by atoms with Gasteiger partial charge >= 0.3 is 719 Å². The van der Waals surface area contributed by atoms with Crippen LogP contribution in [0.25, 0.3) is 0 Å². The third-order valence-corrected chi connectivity index (χ3v) is 31.7. The van der Waals surface area contributed by atoms with E-state index in [1.54, 1.807) is 0 Å². The Hall–Kier alpha value is -1.32. The Labute approximate surface area is 714 Å². The summed E-state index contributed by atoms with van der Waals surface area (Å²) in [4.78, 5) is 70.4. The van der Waals surface area contributed by atoms with E-state index in [0.29, 0.717) is 77.0 Å². The second-order valence-electron chi connectivity index (χ2n) is 37.4. The molecule has 0 saturated carbocycles. The predicted octanol–water partition coefficient (Wildman–Crippen LogP) is 36.5. The number of rotatable bonds is 92. The number of carbonyl (C=O) groups is 4. The quantitative estimate of drug-likeness (QED) is 0.0438. The molecule has 0 bridgehead atoms. The molecule has 0 amide bonds. The predicted molar refractivity (Wildman–Crippen MR) is 496 cm³/mol. The monoisotopic (exact) mass is 1700 g/mol. The second-order valence-corrected chi connectivity index (χ2v) is 42.6. The van der Waals surface area contributed by atoms with E-state index in [4.69, 9.17) is 12.3 Å². The van der Waals surface area contributed by atoms with Gasteiger partial charge < -0.3 is 0 Å². The van der Waals surface area contributed by atoms with Gasteiger partial charge in [0.2, 0.25) is 0 Å². The van der Waals surface area contributed by atoms with Crippen molar-refractivity contribution in [2.45, 2.75) is 622 Å². The van der Waals surface area contributed by atoms with E-state index in [1.165, 1.54) is 231 Å². The Morgan fingerprint density at radius 1 is 0.142 bits per heavy atom. The number of hydrogen-bond donors (Lipinski definition) is 0. The summed E-state index contributed by atoms with van der Waals surface area (Å²) in [6, 6.07) is 0. The van der Waals surface area contributed by atoms with Gasteiger partial charge in [0.25, 0.3) is 0 Å². The Kier molecular flexibility index (Phi) is 79.5. The molecule has 0 spiro atoms. The van der Waals surface area contributed by atoms with Crippen LogP contribution in [0, 0.1) is 21.7 Å². The van der Waals surface area contributed by atoms with Crippen molar-refractivity contribution >= 4 is 43.9 Å². The fourth-order valence-electron chi connectivity index (χ4n) is 18.7. The standard InChI is InChI=1S/4C26H52O2.Sn/c4*1-4-7-10-13-16-19-22-26(25(27)28,23-20-17-14-11-8-5-2)24-21-18-15-12-9-6-3;/h4*4-24H2,1-3H3,(H,27,28);/q;;;;+4/p-4. The maximum absolute atomic E-state index is 17.6. The second kappa shape index (κ2) is 80.4. The topological polar surface area (TPSA) is 105 Å². The van der Waals surface area contributed by atoms with E-state index in [-0.39, 0.29) is 0 Å². The summed E-state index contributed by atoms with van der Waals surface area (Å²) in [5.41, 5.74) is -3.78. The van der Waals surface area contributed by atoms with Crippen LogP contribution >= 0.6 is 0 Å². The molecule has 0 saturated heterocycles. The molecule has 9 heteroatoms. The van der Waals surface area contributed by atoms with Gasteiger partial charge in [-0.1, -0.05) is 0 Å². The summed E-state index contributed by atoms with van der Waals surface area (Å²) in [6.07, 6.45) is 87.1. The minimum absolute atomic E-state index is 0.396. The van der Waals surface area contributed by atoms with Crippen LogP contribution in [-0.2, 0) is 31.5 Å². The molecule has 0 aliphatic carbocycles. The molecular formula is C104H204O8Sn. The Bertz CT molecular complexity index is 1610. The van der Waals surface area contributed by atoms with Gasteiger partial charge in [0.05, 0.1) is 0 Å². The molecular weight excluding hydrogens is 1500 g/mol. The molecule has 8 nitrogen and oxygen atoms in total. The molecule has 0 aromatic heterocycles. The van der Waals surface area contributed by atoms with Gasteiger partial charge in [0.15, 0.2) is 0 Å². The molecule has 672 valence electrons. The number of carbonyl (C=O) groups excluding carboxylic acids is 4. The zero-order valence-electron chi connectivity index (χ0n) is 79.2. The molecule has 0 fully saturated rings. The van der Waals surface area contributed by atoms with Gasteiger partial charge in [0, 0.05) is 0 Å². The average molecular weight is 1700 g/mol. The third kappa shape index (κ3) is 57.6. The molecule has 0 atom stereocenters. The Morgan fingerprint density at radius 3 is 0.310 bits per heavy atom. The molecule has 0 unspecified atom stereocenters. The van der Waals surface area contributed by atoms with Crippen molar-refractivity contribution in [3.8, 4) is 0 Å². The van der Waals surface area contributed by atoms with Gasteiger partial charge in [0.1, 0.15) is 0 Å². The van der Waals surface area contributed by atoms with Crippen molar-refractivity contribution in [2.24, 2.45) is 21.7 Å². The third-order valence-electron chi connectivity index (χ3n) is 26.7. The van der Waals surface area contributed by atoms with Crippen LogP contribution in [0.4, 0.5) is 0 Å². The van der Waals surface area contributed by atoms with Crippen molar-refractivity contribution in [1.82, 2.24) is 0 Å². The first-order valence-electron chi connectivity index (χ1n) is 52.2. The van der Waals surface area contributed by atoms with Crippen LogP contribution in [0.5, 0.6) is 0 Å². The van der Waals surface area contributed by atoms with E-state index in [9.17, 15) is 0 Å². The fourth-order valence-corrected chi connectivity index (χ4v) is 24.4. The van der Waals surface area contributed by atoms with Crippen molar-refractivity contribution in [3.05, 3.63) is 0 Å². The Balaban J connectivity index is 10.4. The summed E-state index contributed by atoms with van der Waals surface area (Å²) in [7, 11) is 0. The summed E-state index contributed by atoms with van der Waals surface area (Å²) in [5.74, 6) is -1.58. The van der Waals surface area contributed by atoms with E-state index in [2.05, 4.69) is 83.1 Å². The van der Waals surface area contributed by atoms with E-state index in [0.717, 1.165) is 231 Å². The molecule has 113 heavy (non-hydrogen) atoms. The van der Waals surface area contributed by atoms with Gasteiger partial charge in [-0.05, 0) is 0 Å². The van der Waals surface area contributed by atoms with E-state index < -0.39 is 65.6 Å². The van der Waals surface area contributed by atoms with Crippen molar-refractivity contribution in [3.63, 3.8) is 0 Å². The van der Waals surface area contributed by atoms with Gasteiger partial charge in [-0.3, -0.25) is 0 Å². The van der Waals surface area contributed by atoms with Gasteiger partial charge in [-0.15, -0.1) is 0 Å². The normalized spacial score (nSPS) is 12.4. The maximum atomic E-state index is 17.6. The first-order chi connectivity index (χ1) is 55.2. The first-order valence-corrected chi connectivity index (χ1v) is 56.8. The molecule has 0 aliphatic heterocycles. The molecule has 0 aromatic rings.